The zero-order chi connectivity index (χ0) is 30.7. The van der Waals surface area contributed by atoms with Crippen LogP contribution in [0.2, 0.25) is 0 Å². The van der Waals surface area contributed by atoms with Crippen molar-refractivity contribution in [1.82, 2.24) is 10.3 Å². The molecule has 1 atom stereocenters. The number of nitrogens with one attached hydrogen (secondary N) is 3. The number of amides is 3. The molecule has 0 saturated heterocycles. The number of halogens is 1. The number of carbonyl (C=O) groups excluding carboxylic acids is 3. The van der Waals surface area contributed by atoms with Crippen molar-refractivity contribution in [3.63, 3.8) is 0 Å². The van der Waals surface area contributed by atoms with E-state index in [9.17, 15) is 18.8 Å². The normalized spacial score (nSPS) is 11.7. The molecule has 1 heterocycles. The SMILES string of the molecule is O=C(Nc1ccc(SC(C(=O)Nc2ccncc2)c2ccccc2)cc1)/C(=C/c1ccc(F)cc1)NC(=O)c1ccccc1. The number of aromatic nitrogens is 1. The highest BCUT2D eigenvalue weighted by atomic mass is 32.2. The standard InChI is InChI=1S/C35H27FN4O3S/c36-27-13-11-24(12-14-27)23-31(40-33(41)26-9-5-2-6-10-26)34(42)38-28-15-17-30(18-16-28)44-32(25-7-3-1-4-8-25)35(43)39-29-19-21-37-22-20-29/h1-23,32H,(H,38,42)(H,40,41)(H,37,39,43)/b31-23-. The molecule has 4 aromatic carbocycles. The minimum atomic E-state index is -0.558. The van der Waals surface area contributed by atoms with Crippen molar-refractivity contribution in [2.75, 3.05) is 10.6 Å². The molecular weight excluding hydrogens is 575 g/mol. The Morgan fingerprint density at radius 3 is 1.98 bits per heavy atom. The van der Waals surface area contributed by atoms with Crippen LogP contribution in [0.25, 0.3) is 6.08 Å². The van der Waals surface area contributed by atoms with Gasteiger partial charge in [0.1, 0.15) is 16.8 Å². The van der Waals surface area contributed by atoms with Crippen LogP contribution in [0.4, 0.5) is 15.8 Å². The largest absolute Gasteiger partial charge is 0.325 e. The average Bonchev–Trinajstić information content (AvgIpc) is 3.06. The maximum absolute atomic E-state index is 13.5. The Balaban J connectivity index is 1.32. The molecule has 5 aromatic rings. The molecule has 0 spiro atoms. The zero-order valence-corrected chi connectivity index (χ0v) is 24.1. The van der Waals surface area contributed by atoms with Gasteiger partial charge >= 0.3 is 0 Å². The van der Waals surface area contributed by atoms with Gasteiger partial charge in [-0.1, -0.05) is 60.7 Å². The second kappa shape index (κ2) is 14.6. The molecular formula is C35H27FN4O3S. The third-order valence-corrected chi connectivity index (χ3v) is 7.63. The van der Waals surface area contributed by atoms with Crippen LogP contribution in [0.15, 0.2) is 144 Å². The van der Waals surface area contributed by atoms with Gasteiger partial charge in [-0.15, -0.1) is 11.8 Å². The number of pyridine rings is 1. The molecule has 7 nitrogen and oxygen atoms in total. The summed E-state index contributed by atoms with van der Waals surface area (Å²) in [5, 5.41) is 7.88. The molecule has 0 saturated carbocycles. The molecule has 1 aromatic heterocycles. The zero-order valence-electron chi connectivity index (χ0n) is 23.3. The van der Waals surface area contributed by atoms with Gasteiger partial charge in [0.05, 0.1) is 0 Å². The summed E-state index contributed by atoms with van der Waals surface area (Å²) in [5.41, 5.74) is 2.87. The lowest BCUT2D eigenvalue weighted by Crippen LogP contribution is -2.30. The molecule has 0 bridgehead atoms. The summed E-state index contributed by atoms with van der Waals surface area (Å²) in [6, 6.07) is 34.1. The van der Waals surface area contributed by atoms with Crippen LogP contribution in [0.5, 0.6) is 0 Å². The first-order chi connectivity index (χ1) is 21.4. The predicted molar refractivity (Wildman–Crippen MR) is 171 cm³/mol. The summed E-state index contributed by atoms with van der Waals surface area (Å²) in [6.07, 6.45) is 4.70. The molecule has 44 heavy (non-hydrogen) atoms. The number of hydrogen-bond acceptors (Lipinski definition) is 5. The van der Waals surface area contributed by atoms with E-state index in [0.29, 0.717) is 22.5 Å². The second-order valence-electron chi connectivity index (χ2n) is 9.54. The van der Waals surface area contributed by atoms with Crippen molar-refractivity contribution < 1.29 is 18.8 Å². The summed E-state index contributed by atoms with van der Waals surface area (Å²) in [5.74, 6) is -1.62. The van der Waals surface area contributed by atoms with Gasteiger partial charge in [-0.05, 0) is 77.9 Å². The van der Waals surface area contributed by atoms with Gasteiger partial charge in [0.15, 0.2) is 0 Å². The van der Waals surface area contributed by atoms with Crippen molar-refractivity contribution in [3.05, 3.63) is 162 Å². The predicted octanol–water partition coefficient (Wildman–Crippen LogP) is 7.10. The van der Waals surface area contributed by atoms with Gasteiger partial charge in [-0.2, -0.15) is 0 Å². The van der Waals surface area contributed by atoms with Crippen molar-refractivity contribution in [2.45, 2.75) is 10.1 Å². The number of thioether (sulfide) groups is 1. The highest BCUT2D eigenvalue weighted by Gasteiger charge is 2.22. The van der Waals surface area contributed by atoms with Gasteiger partial charge < -0.3 is 16.0 Å². The number of rotatable bonds is 10. The van der Waals surface area contributed by atoms with E-state index in [2.05, 4.69) is 20.9 Å². The molecule has 0 radical (unpaired) electrons. The molecule has 3 amide bonds. The lowest BCUT2D eigenvalue weighted by Gasteiger charge is -2.17. The molecule has 0 aliphatic carbocycles. The maximum atomic E-state index is 13.5. The van der Waals surface area contributed by atoms with E-state index in [0.717, 1.165) is 10.5 Å². The van der Waals surface area contributed by atoms with Crippen LogP contribution in [0, 0.1) is 5.82 Å². The summed E-state index contributed by atoms with van der Waals surface area (Å²) in [4.78, 5) is 44.3. The Hall–Kier alpha value is -5.54. The average molecular weight is 603 g/mol. The first-order valence-corrected chi connectivity index (χ1v) is 14.5. The third kappa shape index (κ3) is 8.27. The van der Waals surface area contributed by atoms with E-state index >= 15 is 0 Å². The number of carbonyl (C=O) groups is 3. The summed E-state index contributed by atoms with van der Waals surface area (Å²) in [6.45, 7) is 0. The van der Waals surface area contributed by atoms with Gasteiger partial charge in [-0.3, -0.25) is 19.4 Å². The molecule has 0 aliphatic rings. The second-order valence-corrected chi connectivity index (χ2v) is 10.7. The first-order valence-electron chi connectivity index (χ1n) is 13.6. The minimum absolute atomic E-state index is 0.0131. The topological polar surface area (TPSA) is 100 Å². The van der Waals surface area contributed by atoms with E-state index in [1.165, 1.54) is 42.1 Å². The number of anilines is 2. The van der Waals surface area contributed by atoms with Gasteiger partial charge in [0.25, 0.3) is 11.8 Å². The van der Waals surface area contributed by atoms with Crippen molar-refractivity contribution in [3.8, 4) is 0 Å². The Labute approximate surface area is 258 Å². The van der Waals surface area contributed by atoms with Crippen LogP contribution in [0.3, 0.4) is 0 Å². The highest BCUT2D eigenvalue weighted by Crippen LogP contribution is 2.36. The van der Waals surface area contributed by atoms with Gasteiger partial charge in [0, 0.05) is 34.2 Å². The number of hydrogen-bond donors (Lipinski definition) is 3. The van der Waals surface area contributed by atoms with E-state index in [1.54, 1.807) is 67.0 Å². The quantitative estimate of drug-likeness (QED) is 0.117. The van der Waals surface area contributed by atoms with E-state index in [-0.39, 0.29) is 11.6 Å². The molecule has 9 heteroatoms. The Bertz CT molecular complexity index is 1750. The Morgan fingerprint density at radius 1 is 0.705 bits per heavy atom. The summed E-state index contributed by atoms with van der Waals surface area (Å²) in [7, 11) is 0. The van der Waals surface area contributed by atoms with Crippen molar-refractivity contribution in [1.29, 1.82) is 0 Å². The summed E-state index contributed by atoms with van der Waals surface area (Å²) < 4.78 is 13.5. The monoisotopic (exact) mass is 602 g/mol. The van der Waals surface area contributed by atoms with Gasteiger partial charge in [-0.25, -0.2) is 4.39 Å². The summed E-state index contributed by atoms with van der Waals surface area (Å²) >= 11 is 1.37. The smallest absolute Gasteiger partial charge is 0.272 e. The molecule has 218 valence electrons. The van der Waals surface area contributed by atoms with Crippen molar-refractivity contribution in [2.24, 2.45) is 0 Å². The number of benzene rings is 4. The minimum Gasteiger partial charge on any atom is -0.325 e. The van der Waals surface area contributed by atoms with Crippen LogP contribution >= 0.6 is 11.8 Å². The van der Waals surface area contributed by atoms with Crippen molar-refractivity contribution >= 4 is 46.9 Å². The first kappa shape index (κ1) is 29.9. The fourth-order valence-corrected chi connectivity index (χ4v) is 5.19. The lowest BCUT2D eigenvalue weighted by atomic mass is 10.1. The molecule has 5 rings (SSSR count). The van der Waals surface area contributed by atoms with Gasteiger partial charge in [0.2, 0.25) is 5.91 Å². The van der Waals surface area contributed by atoms with Crippen LogP contribution in [-0.4, -0.2) is 22.7 Å². The maximum Gasteiger partial charge on any atom is 0.272 e. The van der Waals surface area contributed by atoms with Crippen LogP contribution in [0.1, 0.15) is 26.7 Å². The Kier molecular flexibility index (Phi) is 9.91. The van der Waals surface area contributed by atoms with E-state index in [1.807, 2.05) is 42.5 Å². The van der Waals surface area contributed by atoms with E-state index in [4.69, 9.17) is 0 Å². The fraction of sp³-hybridized carbons (Fsp3) is 0.0286. The fourth-order valence-electron chi connectivity index (χ4n) is 4.16. The third-order valence-electron chi connectivity index (χ3n) is 6.36. The Morgan fingerprint density at radius 2 is 1.32 bits per heavy atom. The molecule has 0 fully saturated rings. The number of nitrogens with zero attached hydrogens (tertiary/aromatic N) is 1. The van der Waals surface area contributed by atoms with Crippen LogP contribution < -0.4 is 16.0 Å². The highest BCUT2D eigenvalue weighted by molar-refractivity contribution is 8.00. The van der Waals surface area contributed by atoms with E-state index < -0.39 is 22.9 Å². The van der Waals surface area contributed by atoms with Crippen LogP contribution in [-0.2, 0) is 9.59 Å². The molecule has 3 N–H and O–H groups in total. The molecule has 1 unspecified atom stereocenters. The lowest BCUT2D eigenvalue weighted by molar-refractivity contribution is -0.116. The molecule has 0 aliphatic heterocycles.